The Labute approximate surface area is 116 Å². The largest absolute Gasteiger partial charge is 0.465 e. The molecule has 98 valence electrons. The third-order valence-corrected chi connectivity index (χ3v) is 4.16. The van der Waals surface area contributed by atoms with E-state index in [-0.39, 0.29) is 5.97 Å². The summed E-state index contributed by atoms with van der Waals surface area (Å²) < 4.78 is 5.64. The Morgan fingerprint density at radius 3 is 2.83 bits per heavy atom. The maximum Gasteiger partial charge on any atom is 0.337 e. The summed E-state index contributed by atoms with van der Waals surface area (Å²) in [5, 5.41) is 3.52. The van der Waals surface area contributed by atoms with Crippen molar-refractivity contribution in [2.24, 2.45) is 5.92 Å². The predicted octanol–water partition coefficient (Wildman–Crippen LogP) is 3.12. The maximum absolute atomic E-state index is 11.4. The van der Waals surface area contributed by atoms with Crippen LogP contribution in [0.2, 0.25) is 0 Å². The molecule has 1 fully saturated rings. The van der Waals surface area contributed by atoms with E-state index in [1.165, 1.54) is 20.0 Å². The Bertz CT molecular complexity index is 443. The van der Waals surface area contributed by atoms with Gasteiger partial charge >= 0.3 is 5.97 Å². The lowest BCUT2D eigenvalue weighted by Crippen LogP contribution is -2.27. The van der Waals surface area contributed by atoms with Crippen molar-refractivity contribution >= 4 is 21.9 Å². The molecule has 1 atom stereocenters. The van der Waals surface area contributed by atoms with Crippen molar-refractivity contribution in [3.63, 3.8) is 0 Å². The Balaban J connectivity index is 1.98. The van der Waals surface area contributed by atoms with Gasteiger partial charge in [0.2, 0.25) is 0 Å². The number of ether oxygens (including phenoxy) is 1. The molecule has 4 heteroatoms. The molecule has 1 unspecified atom stereocenters. The topological polar surface area (TPSA) is 38.3 Å². The van der Waals surface area contributed by atoms with Crippen molar-refractivity contribution in [1.29, 1.82) is 0 Å². The summed E-state index contributed by atoms with van der Waals surface area (Å²) in [6, 6.07) is 6.14. The van der Waals surface area contributed by atoms with Crippen LogP contribution in [-0.4, -0.2) is 19.1 Å². The number of carbonyl (C=O) groups excluding carboxylic acids is 1. The lowest BCUT2D eigenvalue weighted by molar-refractivity contribution is 0.0600. The number of hydrogen-bond acceptors (Lipinski definition) is 3. The second-order valence-corrected chi connectivity index (χ2v) is 5.66. The summed E-state index contributed by atoms with van der Waals surface area (Å²) in [6.45, 7) is 3.05. The molecule has 1 aromatic rings. The summed E-state index contributed by atoms with van der Waals surface area (Å²) in [5.41, 5.74) is 1.73. The number of benzene rings is 1. The SMILES string of the molecule is COC(=O)c1ccc(CNC(C)C2CC2)c(Br)c1. The minimum atomic E-state index is -0.304. The van der Waals surface area contributed by atoms with Crippen molar-refractivity contribution in [2.75, 3.05) is 7.11 Å². The number of halogens is 1. The number of carbonyl (C=O) groups is 1. The van der Waals surface area contributed by atoms with Crippen LogP contribution in [0.4, 0.5) is 0 Å². The highest BCUT2D eigenvalue weighted by atomic mass is 79.9. The molecule has 0 radical (unpaired) electrons. The van der Waals surface area contributed by atoms with Gasteiger partial charge in [-0.1, -0.05) is 22.0 Å². The molecule has 0 heterocycles. The molecule has 0 aliphatic heterocycles. The van der Waals surface area contributed by atoms with E-state index >= 15 is 0 Å². The zero-order chi connectivity index (χ0) is 13.1. The van der Waals surface area contributed by atoms with E-state index in [1.54, 1.807) is 6.07 Å². The molecule has 1 aliphatic rings. The summed E-state index contributed by atoms with van der Waals surface area (Å²) in [7, 11) is 1.39. The van der Waals surface area contributed by atoms with Crippen LogP contribution < -0.4 is 5.32 Å². The molecule has 0 saturated heterocycles. The highest BCUT2D eigenvalue weighted by Crippen LogP contribution is 2.32. The molecule has 1 N–H and O–H groups in total. The molecule has 0 bridgehead atoms. The van der Waals surface area contributed by atoms with E-state index in [9.17, 15) is 4.79 Å². The van der Waals surface area contributed by atoms with Gasteiger partial charge in [0.05, 0.1) is 12.7 Å². The van der Waals surface area contributed by atoms with E-state index in [0.717, 1.165) is 22.5 Å². The lowest BCUT2D eigenvalue weighted by Gasteiger charge is -2.14. The number of rotatable bonds is 5. The van der Waals surface area contributed by atoms with Crippen LogP contribution in [-0.2, 0) is 11.3 Å². The zero-order valence-corrected chi connectivity index (χ0v) is 12.3. The Morgan fingerprint density at radius 1 is 1.56 bits per heavy atom. The van der Waals surface area contributed by atoms with Crippen molar-refractivity contribution in [1.82, 2.24) is 5.32 Å². The Hall–Kier alpha value is -0.870. The minimum absolute atomic E-state index is 0.304. The molecule has 0 spiro atoms. The summed E-state index contributed by atoms with van der Waals surface area (Å²) in [4.78, 5) is 11.4. The molecule has 0 aromatic heterocycles. The summed E-state index contributed by atoms with van der Waals surface area (Å²) in [6.07, 6.45) is 2.69. The van der Waals surface area contributed by atoms with E-state index in [4.69, 9.17) is 4.74 Å². The normalized spacial score (nSPS) is 16.4. The summed E-state index contributed by atoms with van der Waals surface area (Å²) in [5.74, 6) is 0.541. The van der Waals surface area contributed by atoms with Crippen molar-refractivity contribution in [2.45, 2.75) is 32.4 Å². The first-order valence-corrected chi connectivity index (χ1v) is 7.01. The van der Waals surface area contributed by atoms with Crippen LogP contribution in [0.3, 0.4) is 0 Å². The van der Waals surface area contributed by atoms with Crippen LogP contribution >= 0.6 is 15.9 Å². The third kappa shape index (κ3) is 3.33. The van der Waals surface area contributed by atoms with Gasteiger partial charge in [0.15, 0.2) is 0 Å². The van der Waals surface area contributed by atoms with E-state index in [2.05, 4.69) is 28.2 Å². The Morgan fingerprint density at radius 2 is 2.28 bits per heavy atom. The number of hydrogen-bond donors (Lipinski definition) is 1. The fourth-order valence-electron chi connectivity index (χ4n) is 1.97. The summed E-state index contributed by atoms with van der Waals surface area (Å²) >= 11 is 3.50. The number of nitrogens with one attached hydrogen (secondary N) is 1. The maximum atomic E-state index is 11.4. The molecule has 3 nitrogen and oxygen atoms in total. The van der Waals surface area contributed by atoms with E-state index in [0.29, 0.717) is 11.6 Å². The molecule has 1 aromatic carbocycles. The second kappa shape index (κ2) is 5.85. The van der Waals surface area contributed by atoms with Crippen LogP contribution in [0, 0.1) is 5.92 Å². The average molecular weight is 312 g/mol. The quantitative estimate of drug-likeness (QED) is 0.849. The minimum Gasteiger partial charge on any atom is -0.465 e. The second-order valence-electron chi connectivity index (χ2n) is 4.80. The van der Waals surface area contributed by atoms with E-state index < -0.39 is 0 Å². The first kappa shape index (κ1) is 13.6. The van der Waals surface area contributed by atoms with Crippen molar-refractivity contribution < 1.29 is 9.53 Å². The lowest BCUT2D eigenvalue weighted by atomic mass is 10.1. The van der Waals surface area contributed by atoms with Gasteiger partial charge in [-0.05, 0) is 43.4 Å². The van der Waals surface area contributed by atoms with Gasteiger partial charge in [-0.15, -0.1) is 0 Å². The number of esters is 1. The average Bonchev–Trinajstić information content (AvgIpc) is 3.20. The third-order valence-electron chi connectivity index (χ3n) is 3.42. The fraction of sp³-hybridized carbons (Fsp3) is 0.500. The molecule has 2 rings (SSSR count). The van der Waals surface area contributed by atoms with Crippen LogP contribution in [0.25, 0.3) is 0 Å². The number of methoxy groups -OCH3 is 1. The van der Waals surface area contributed by atoms with Gasteiger partial charge in [-0.25, -0.2) is 4.79 Å². The van der Waals surface area contributed by atoms with E-state index in [1.807, 2.05) is 12.1 Å². The Kier molecular flexibility index (Phi) is 4.40. The molecule has 1 saturated carbocycles. The zero-order valence-electron chi connectivity index (χ0n) is 10.7. The molecule has 18 heavy (non-hydrogen) atoms. The predicted molar refractivity (Wildman–Crippen MR) is 74.5 cm³/mol. The monoisotopic (exact) mass is 311 g/mol. The standard InChI is InChI=1S/C14H18BrNO2/c1-9(10-3-4-10)16-8-12-6-5-11(7-13(12)15)14(17)18-2/h5-7,9-10,16H,3-4,8H2,1-2H3. The fourth-order valence-corrected chi connectivity index (χ4v) is 2.49. The molecular formula is C14H18BrNO2. The van der Waals surface area contributed by atoms with Gasteiger partial charge in [-0.3, -0.25) is 0 Å². The van der Waals surface area contributed by atoms with Crippen LogP contribution in [0.1, 0.15) is 35.7 Å². The van der Waals surface area contributed by atoms with Gasteiger partial charge in [0.25, 0.3) is 0 Å². The van der Waals surface area contributed by atoms with Crippen molar-refractivity contribution in [3.05, 3.63) is 33.8 Å². The van der Waals surface area contributed by atoms with Gasteiger partial charge in [0, 0.05) is 17.1 Å². The smallest absolute Gasteiger partial charge is 0.337 e. The molecule has 0 amide bonds. The van der Waals surface area contributed by atoms with Gasteiger partial charge in [-0.2, -0.15) is 0 Å². The van der Waals surface area contributed by atoms with Crippen LogP contribution in [0.15, 0.2) is 22.7 Å². The van der Waals surface area contributed by atoms with Gasteiger partial charge in [0.1, 0.15) is 0 Å². The first-order valence-electron chi connectivity index (χ1n) is 6.22. The highest BCUT2D eigenvalue weighted by Gasteiger charge is 2.27. The molecule has 1 aliphatic carbocycles. The van der Waals surface area contributed by atoms with Crippen LogP contribution in [0.5, 0.6) is 0 Å². The van der Waals surface area contributed by atoms with Crippen molar-refractivity contribution in [3.8, 4) is 0 Å². The molecular weight excluding hydrogens is 294 g/mol. The highest BCUT2D eigenvalue weighted by molar-refractivity contribution is 9.10. The first-order chi connectivity index (χ1) is 8.61. The van der Waals surface area contributed by atoms with Gasteiger partial charge < -0.3 is 10.1 Å².